The topological polar surface area (TPSA) is 65.7 Å². The molecule has 1 aromatic carbocycles. The molecule has 0 N–H and O–H groups in total. The number of para-hydroxylation sites is 1. The SMILES string of the molecule is CCc1nnc(N(C)Cc2nc3ccccc3s2)c(C#N)c1CC. The molecule has 0 radical (unpaired) electrons. The predicted octanol–water partition coefficient (Wildman–Crippen LogP) is 3.72. The fourth-order valence-electron chi connectivity index (χ4n) is 2.81. The van der Waals surface area contributed by atoms with Crippen molar-refractivity contribution >= 4 is 27.4 Å². The lowest BCUT2D eigenvalue weighted by atomic mass is 10.0. The number of aromatic nitrogens is 3. The monoisotopic (exact) mass is 337 g/mol. The van der Waals surface area contributed by atoms with Gasteiger partial charge in [0.15, 0.2) is 5.82 Å². The average Bonchev–Trinajstić information content (AvgIpc) is 3.02. The van der Waals surface area contributed by atoms with Gasteiger partial charge in [0, 0.05) is 7.05 Å². The van der Waals surface area contributed by atoms with Gasteiger partial charge in [-0.2, -0.15) is 10.4 Å². The number of benzene rings is 1. The number of nitriles is 1. The number of fused-ring (bicyclic) bond motifs is 1. The molecule has 0 amide bonds. The maximum Gasteiger partial charge on any atom is 0.169 e. The first-order valence-corrected chi connectivity index (χ1v) is 8.83. The first-order valence-electron chi connectivity index (χ1n) is 8.02. The van der Waals surface area contributed by atoms with E-state index in [0.29, 0.717) is 17.9 Å². The second-order valence-corrected chi connectivity index (χ2v) is 6.69. The summed E-state index contributed by atoms with van der Waals surface area (Å²) in [5.41, 5.74) is 3.55. The number of hydrogen-bond acceptors (Lipinski definition) is 6. The average molecular weight is 337 g/mol. The van der Waals surface area contributed by atoms with E-state index in [-0.39, 0.29) is 0 Å². The van der Waals surface area contributed by atoms with Gasteiger partial charge in [0.2, 0.25) is 0 Å². The van der Waals surface area contributed by atoms with Crippen molar-refractivity contribution < 1.29 is 0 Å². The Morgan fingerprint density at radius 2 is 1.96 bits per heavy atom. The summed E-state index contributed by atoms with van der Waals surface area (Å²) in [5, 5.41) is 19.3. The van der Waals surface area contributed by atoms with Crippen LogP contribution >= 0.6 is 11.3 Å². The number of thiazole rings is 1. The lowest BCUT2D eigenvalue weighted by Gasteiger charge is -2.19. The predicted molar refractivity (Wildman–Crippen MR) is 97.2 cm³/mol. The Kier molecular flexibility index (Phi) is 4.72. The molecule has 0 atom stereocenters. The van der Waals surface area contributed by atoms with E-state index in [1.54, 1.807) is 11.3 Å². The van der Waals surface area contributed by atoms with E-state index < -0.39 is 0 Å². The minimum atomic E-state index is 0.608. The van der Waals surface area contributed by atoms with Gasteiger partial charge in [0.25, 0.3) is 0 Å². The molecule has 0 saturated carbocycles. The molecule has 0 bridgehead atoms. The first kappa shape index (κ1) is 16.3. The molecule has 0 fully saturated rings. The lowest BCUT2D eigenvalue weighted by Crippen LogP contribution is -2.21. The van der Waals surface area contributed by atoms with E-state index in [1.807, 2.05) is 44.0 Å². The lowest BCUT2D eigenvalue weighted by molar-refractivity contribution is 0.817. The molecule has 0 saturated heterocycles. The minimum Gasteiger partial charge on any atom is -0.350 e. The number of rotatable bonds is 5. The van der Waals surface area contributed by atoms with Gasteiger partial charge in [-0.15, -0.1) is 16.4 Å². The van der Waals surface area contributed by atoms with Gasteiger partial charge in [0.05, 0.1) is 22.5 Å². The Labute approximate surface area is 145 Å². The van der Waals surface area contributed by atoms with E-state index in [2.05, 4.69) is 27.3 Å². The van der Waals surface area contributed by atoms with Gasteiger partial charge in [0.1, 0.15) is 16.6 Å². The van der Waals surface area contributed by atoms with Crippen molar-refractivity contribution in [1.29, 1.82) is 5.26 Å². The minimum absolute atomic E-state index is 0.608. The largest absolute Gasteiger partial charge is 0.350 e. The van der Waals surface area contributed by atoms with Gasteiger partial charge in [-0.25, -0.2) is 4.98 Å². The third-order valence-corrected chi connectivity index (χ3v) is 5.03. The summed E-state index contributed by atoms with van der Waals surface area (Å²) < 4.78 is 1.17. The molecule has 6 heteroatoms. The quantitative estimate of drug-likeness (QED) is 0.710. The Bertz CT molecular complexity index is 876. The van der Waals surface area contributed by atoms with Crippen LogP contribution in [0.15, 0.2) is 24.3 Å². The second kappa shape index (κ2) is 6.93. The summed E-state index contributed by atoms with van der Waals surface area (Å²) in [6.45, 7) is 4.69. The summed E-state index contributed by atoms with van der Waals surface area (Å²) in [6.07, 6.45) is 1.57. The highest BCUT2D eigenvalue weighted by Crippen LogP contribution is 2.26. The van der Waals surface area contributed by atoms with Crippen LogP contribution in [-0.4, -0.2) is 22.2 Å². The van der Waals surface area contributed by atoms with Crippen molar-refractivity contribution in [3.05, 3.63) is 46.1 Å². The standard InChI is InChI=1S/C18H19N5S/c1-4-12-13(10-19)18(22-21-14(12)5-2)23(3)11-17-20-15-8-6-7-9-16(15)24-17/h6-9H,4-5,11H2,1-3H3. The van der Waals surface area contributed by atoms with Crippen LogP contribution in [0.5, 0.6) is 0 Å². The van der Waals surface area contributed by atoms with Gasteiger partial charge in [-0.05, 0) is 30.5 Å². The Hall–Kier alpha value is -2.52. The number of aryl methyl sites for hydroxylation is 1. The molecule has 0 aliphatic carbocycles. The van der Waals surface area contributed by atoms with Crippen LogP contribution in [0.2, 0.25) is 0 Å². The highest BCUT2D eigenvalue weighted by atomic mass is 32.1. The summed E-state index contributed by atoms with van der Waals surface area (Å²) in [4.78, 5) is 6.62. The van der Waals surface area contributed by atoms with Crippen molar-refractivity contribution in [2.45, 2.75) is 33.2 Å². The second-order valence-electron chi connectivity index (χ2n) is 5.57. The zero-order valence-electron chi connectivity index (χ0n) is 14.1. The molecule has 0 aliphatic rings. The van der Waals surface area contributed by atoms with Gasteiger partial charge < -0.3 is 4.90 Å². The molecular formula is C18H19N5S. The Morgan fingerprint density at radius 1 is 1.17 bits per heavy atom. The summed E-state index contributed by atoms with van der Waals surface area (Å²) in [6, 6.07) is 10.4. The molecule has 24 heavy (non-hydrogen) atoms. The third kappa shape index (κ3) is 2.95. The van der Waals surface area contributed by atoms with E-state index in [0.717, 1.165) is 34.6 Å². The van der Waals surface area contributed by atoms with Gasteiger partial charge >= 0.3 is 0 Å². The molecule has 0 unspecified atom stereocenters. The van der Waals surface area contributed by atoms with E-state index >= 15 is 0 Å². The van der Waals surface area contributed by atoms with Gasteiger partial charge in [-0.1, -0.05) is 26.0 Å². The zero-order chi connectivity index (χ0) is 17.1. The summed E-state index contributed by atoms with van der Waals surface area (Å²) in [5.74, 6) is 0.630. The van der Waals surface area contributed by atoms with Crippen LogP contribution in [0.25, 0.3) is 10.2 Å². The normalized spacial score (nSPS) is 10.8. The molecule has 2 aromatic heterocycles. The van der Waals surface area contributed by atoms with Crippen molar-refractivity contribution in [3.8, 4) is 6.07 Å². The smallest absolute Gasteiger partial charge is 0.169 e. The summed E-state index contributed by atoms with van der Waals surface area (Å²) in [7, 11) is 1.93. The molecule has 122 valence electrons. The maximum atomic E-state index is 9.62. The molecule has 3 rings (SSSR count). The molecule has 3 aromatic rings. The molecule has 2 heterocycles. The molecular weight excluding hydrogens is 318 g/mol. The van der Waals surface area contributed by atoms with Crippen molar-refractivity contribution in [2.75, 3.05) is 11.9 Å². The number of hydrogen-bond donors (Lipinski definition) is 0. The summed E-state index contributed by atoms with van der Waals surface area (Å²) >= 11 is 1.67. The number of anilines is 1. The van der Waals surface area contributed by atoms with Crippen LogP contribution in [0, 0.1) is 11.3 Å². The van der Waals surface area contributed by atoms with Crippen molar-refractivity contribution in [1.82, 2.24) is 15.2 Å². The first-order chi connectivity index (χ1) is 11.7. The van der Waals surface area contributed by atoms with Crippen molar-refractivity contribution in [2.24, 2.45) is 0 Å². The third-order valence-electron chi connectivity index (χ3n) is 4.01. The van der Waals surface area contributed by atoms with Crippen LogP contribution in [-0.2, 0) is 19.4 Å². The fourth-order valence-corrected chi connectivity index (χ4v) is 3.83. The number of nitrogens with zero attached hydrogens (tertiary/aromatic N) is 5. The molecule has 5 nitrogen and oxygen atoms in total. The van der Waals surface area contributed by atoms with E-state index in [1.165, 1.54) is 4.70 Å². The highest BCUT2D eigenvalue weighted by molar-refractivity contribution is 7.18. The highest BCUT2D eigenvalue weighted by Gasteiger charge is 2.18. The van der Waals surface area contributed by atoms with E-state index in [9.17, 15) is 5.26 Å². The van der Waals surface area contributed by atoms with Crippen molar-refractivity contribution in [3.63, 3.8) is 0 Å². The molecule has 0 aliphatic heterocycles. The maximum absolute atomic E-state index is 9.62. The van der Waals surface area contributed by atoms with Crippen LogP contribution in [0.3, 0.4) is 0 Å². The van der Waals surface area contributed by atoms with E-state index in [4.69, 9.17) is 0 Å². The fraction of sp³-hybridized carbons (Fsp3) is 0.333. The van der Waals surface area contributed by atoms with Crippen LogP contribution in [0.4, 0.5) is 5.82 Å². The van der Waals surface area contributed by atoms with Gasteiger partial charge in [-0.3, -0.25) is 0 Å². The zero-order valence-corrected chi connectivity index (χ0v) is 14.9. The Balaban J connectivity index is 1.94. The van der Waals surface area contributed by atoms with Crippen LogP contribution < -0.4 is 4.90 Å². The molecule has 0 spiro atoms. The van der Waals surface area contributed by atoms with Crippen LogP contribution in [0.1, 0.15) is 35.7 Å². The Morgan fingerprint density at radius 3 is 2.62 bits per heavy atom.